The van der Waals surface area contributed by atoms with Crippen molar-refractivity contribution in [3.05, 3.63) is 57.6 Å². The number of amides is 1. The summed E-state index contributed by atoms with van der Waals surface area (Å²) < 4.78 is 6.43. The van der Waals surface area contributed by atoms with Gasteiger partial charge in [-0.15, -0.1) is 0 Å². The van der Waals surface area contributed by atoms with Crippen LogP contribution in [0.5, 0.6) is 5.75 Å². The van der Waals surface area contributed by atoms with E-state index in [9.17, 15) is 4.79 Å². The molecule has 1 atom stereocenters. The van der Waals surface area contributed by atoms with E-state index < -0.39 is 0 Å². The zero-order chi connectivity index (χ0) is 15.0. The van der Waals surface area contributed by atoms with Gasteiger partial charge in [-0.05, 0) is 36.2 Å². The molecular weight excluding hydrogens is 398 g/mol. The van der Waals surface area contributed by atoms with E-state index in [1.54, 1.807) is 0 Å². The molecule has 21 heavy (non-hydrogen) atoms. The van der Waals surface area contributed by atoms with Crippen LogP contribution in [0.2, 0.25) is 0 Å². The van der Waals surface area contributed by atoms with Crippen LogP contribution in [-0.2, 0) is 4.79 Å². The lowest BCUT2D eigenvalue weighted by molar-refractivity contribution is -0.118. The van der Waals surface area contributed by atoms with Crippen molar-refractivity contribution in [2.75, 3.05) is 11.9 Å². The summed E-state index contributed by atoms with van der Waals surface area (Å²) in [6.45, 7) is 2.14. The molecule has 0 bridgehead atoms. The second-order valence-corrected chi connectivity index (χ2v) is 6.75. The highest BCUT2D eigenvalue weighted by Crippen LogP contribution is 2.39. The molecular formula is C16H13Br2NO2. The Hall–Kier alpha value is -1.33. The van der Waals surface area contributed by atoms with Gasteiger partial charge in [-0.1, -0.05) is 55.6 Å². The summed E-state index contributed by atoms with van der Waals surface area (Å²) in [5.41, 5.74) is 4.13. The van der Waals surface area contributed by atoms with E-state index >= 15 is 0 Å². The number of anilines is 1. The fourth-order valence-corrected chi connectivity index (χ4v) is 3.74. The number of fused-ring (bicyclic) bond motifs is 1. The summed E-state index contributed by atoms with van der Waals surface area (Å²) in [5, 5.41) is 2.84. The molecule has 0 fully saturated rings. The first kappa shape index (κ1) is 14.6. The van der Waals surface area contributed by atoms with E-state index in [0.717, 1.165) is 21.3 Å². The Labute approximate surface area is 140 Å². The summed E-state index contributed by atoms with van der Waals surface area (Å²) in [5.74, 6) is 0.587. The van der Waals surface area contributed by atoms with Crippen LogP contribution in [0.25, 0.3) is 0 Å². The van der Waals surface area contributed by atoms with Crippen LogP contribution in [0.1, 0.15) is 21.5 Å². The molecule has 1 heterocycles. The maximum absolute atomic E-state index is 11.4. The van der Waals surface area contributed by atoms with Crippen molar-refractivity contribution >= 4 is 43.5 Å². The third-order valence-electron chi connectivity index (χ3n) is 3.35. The number of carbonyl (C=O) groups excluding carboxylic acids is 1. The van der Waals surface area contributed by atoms with Gasteiger partial charge in [-0.25, -0.2) is 0 Å². The van der Waals surface area contributed by atoms with Crippen molar-refractivity contribution in [2.24, 2.45) is 0 Å². The fraction of sp³-hybridized carbons (Fsp3) is 0.188. The number of alkyl halides is 1. The van der Waals surface area contributed by atoms with Crippen molar-refractivity contribution in [3.8, 4) is 5.75 Å². The minimum Gasteiger partial charge on any atom is -0.482 e. The maximum Gasteiger partial charge on any atom is 0.262 e. The third kappa shape index (κ3) is 2.99. The normalized spacial score (nSPS) is 14.9. The second kappa shape index (κ2) is 5.81. The first-order valence-electron chi connectivity index (χ1n) is 6.51. The van der Waals surface area contributed by atoms with Gasteiger partial charge in [0.05, 0.1) is 10.5 Å². The van der Waals surface area contributed by atoms with E-state index in [4.69, 9.17) is 4.74 Å². The molecule has 0 aliphatic carbocycles. The third-order valence-corrected chi connectivity index (χ3v) is 5.10. The Balaban J connectivity index is 1.98. The van der Waals surface area contributed by atoms with E-state index in [-0.39, 0.29) is 17.3 Å². The molecule has 3 nitrogen and oxygen atoms in total. The molecule has 2 aromatic rings. The van der Waals surface area contributed by atoms with Gasteiger partial charge in [0.25, 0.3) is 5.91 Å². The van der Waals surface area contributed by atoms with Crippen LogP contribution >= 0.6 is 31.9 Å². The van der Waals surface area contributed by atoms with E-state index in [1.807, 2.05) is 24.3 Å². The number of benzene rings is 2. The summed E-state index contributed by atoms with van der Waals surface area (Å²) >= 11 is 7.33. The van der Waals surface area contributed by atoms with Crippen LogP contribution in [0.15, 0.2) is 40.9 Å². The van der Waals surface area contributed by atoms with Gasteiger partial charge in [0.1, 0.15) is 5.75 Å². The largest absolute Gasteiger partial charge is 0.482 e. The summed E-state index contributed by atoms with van der Waals surface area (Å²) in [4.78, 5) is 11.5. The molecule has 5 heteroatoms. The Morgan fingerprint density at radius 2 is 2.05 bits per heavy atom. The van der Waals surface area contributed by atoms with Gasteiger partial charge in [0.2, 0.25) is 0 Å². The number of halogens is 2. The molecule has 0 aromatic heterocycles. The van der Waals surface area contributed by atoms with Crippen molar-refractivity contribution in [3.63, 3.8) is 0 Å². The van der Waals surface area contributed by atoms with Crippen LogP contribution in [-0.4, -0.2) is 12.5 Å². The molecule has 1 aliphatic rings. The predicted octanol–water partition coefficient (Wildman–Crippen LogP) is 4.57. The average Bonchev–Trinajstić information content (AvgIpc) is 2.48. The first-order chi connectivity index (χ1) is 10.0. The Morgan fingerprint density at radius 3 is 2.86 bits per heavy atom. The van der Waals surface area contributed by atoms with E-state index in [2.05, 4.69) is 56.2 Å². The molecule has 0 spiro atoms. The Bertz CT molecular complexity index is 715. The number of hydrogen-bond acceptors (Lipinski definition) is 2. The summed E-state index contributed by atoms with van der Waals surface area (Å²) in [6.07, 6.45) is 0. The topological polar surface area (TPSA) is 38.3 Å². The van der Waals surface area contributed by atoms with Gasteiger partial charge >= 0.3 is 0 Å². The lowest BCUT2D eigenvalue weighted by Gasteiger charge is -2.20. The molecule has 2 aromatic carbocycles. The molecule has 0 saturated carbocycles. The summed E-state index contributed by atoms with van der Waals surface area (Å²) in [6, 6.07) is 12.1. The molecule has 0 saturated heterocycles. The predicted molar refractivity (Wildman–Crippen MR) is 90.2 cm³/mol. The van der Waals surface area contributed by atoms with Gasteiger partial charge in [0.15, 0.2) is 6.61 Å². The van der Waals surface area contributed by atoms with Gasteiger partial charge in [-0.2, -0.15) is 0 Å². The number of aryl methyl sites for hydroxylation is 1. The van der Waals surface area contributed by atoms with E-state index in [0.29, 0.717) is 5.75 Å². The number of hydrogen-bond donors (Lipinski definition) is 1. The highest BCUT2D eigenvalue weighted by atomic mass is 79.9. The van der Waals surface area contributed by atoms with Crippen molar-refractivity contribution < 1.29 is 9.53 Å². The number of ether oxygens (including phenoxy) is 1. The standard InChI is InChI=1S/C16H13Br2NO2/c1-9-2-4-12(17)11(6-9)16(18)10-3-5-14-13(7-10)19-15(20)8-21-14/h2-7,16H,8H2,1H3,(H,19,20). The molecule has 1 unspecified atom stereocenters. The smallest absolute Gasteiger partial charge is 0.262 e. The van der Waals surface area contributed by atoms with Crippen LogP contribution in [0.3, 0.4) is 0 Å². The van der Waals surface area contributed by atoms with E-state index in [1.165, 1.54) is 5.56 Å². The zero-order valence-electron chi connectivity index (χ0n) is 11.3. The lowest BCUT2D eigenvalue weighted by atomic mass is 10.0. The highest BCUT2D eigenvalue weighted by molar-refractivity contribution is 9.11. The van der Waals surface area contributed by atoms with Gasteiger partial charge < -0.3 is 10.1 Å². The summed E-state index contributed by atoms with van der Waals surface area (Å²) in [7, 11) is 0. The second-order valence-electron chi connectivity index (χ2n) is 4.98. The van der Waals surface area contributed by atoms with Crippen molar-refractivity contribution in [1.82, 2.24) is 0 Å². The highest BCUT2D eigenvalue weighted by Gasteiger charge is 2.19. The SMILES string of the molecule is Cc1ccc(Br)c(C(Br)c2ccc3c(c2)NC(=O)CO3)c1. The number of carbonyl (C=O) groups is 1. The number of rotatable bonds is 2. The number of nitrogens with one attached hydrogen (secondary N) is 1. The van der Waals surface area contributed by atoms with Crippen LogP contribution in [0.4, 0.5) is 5.69 Å². The van der Waals surface area contributed by atoms with Crippen molar-refractivity contribution in [1.29, 1.82) is 0 Å². The van der Waals surface area contributed by atoms with Crippen molar-refractivity contribution in [2.45, 2.75) is 11.8 Å². The molecule has 1 aliphatic heterocycles. The first-order valence-corrected chi connectivity index (χ1v) is 8.22. The fourth-order valence-electron chi connectivity index (χ4n) is 2.30. The Kier molecular flexibility index (Phi) is 4.04. The molecule has 108 valence electrons. The van der Waals surface area contributed by atoms with Crippen LogP contribution in [0, 0.1) is 6.92 Å². The Morgan fingerprint density at radius 1 is 1.24 bits per heavy atom. The molecule has 1 amide bonds. The van der Waals surface area contributed by atoms with Gasteiger partial charge in [0, 0.05) is 4.47 Å². The monoisotopic (exact) mass is 409 g/mol. The molecule has 3 rings (SSSR count). The average molecular weight is 411 g/mol. The lowest BCUT2D eigenvalue weighted by Crippen LogP contribution is -2.25. The maximum atomic E-state index is 11.4. The molecule has 1 N–H and O–H groups in total. The minimum atomic E-state index is -0.123. The van der Waals surface area contributed by atoms with Gasteiger partial charge in [-0.3, -0.25) is 4.79 Å². The zero-order valence-corrected chi connectivity index (χ0v) is 14.5. The molecule has 0 radical (unpaired) electrons. The minimum absolute atomic E-state index is 0.0379. The van der Waals surface area contributed by atoms with Crippen LogP contribution < -0.4 is 10.1 Å². The quantitative estimate of drug-likeness (QED) is 0.736.